The SMILES string of the molecule is CN1CCC(CN(C)Cc2nc(NN)ccc2Cl)C1. The van der Waals surface area contributed by atoms with Crippen LogP contribution in [0.2, 0.25) is 5.02 Å². The second-order valence-corrected chi connectivity index (χ2v) is 5.79. The molecule has 3 N–H and O–H groups in total. The highest BCUT2D eigenvalue weighted by atomic mass is 35.5. The van der Waals surface area contributed by atoms with Gasteiger partial charge in [-0.25, -0.2) is 10.8 Å². The highest BCUT2D eigenvalue weighted by molar-refractivity contribution is 6.31. The first-order valence-electron chi connectivity index (χ1n) is 6.57. The van der Waals surface area contributed by atoms with Gasteiger partial charge >= 0.3 is 0 Å². The first-order valence-corrected chi connectivity index (χ1v) is 6.95. The third-order valence-electron chi connectivity index (χ3n) is 3.55. The van der Waals surface area contributed by atoms with Crippen LogP contribution in [0.4, 0.5) is 5.82 Å². The molecule has 1 unspecified atom stereocenters. The number of rotatable bonds is 5. The molecule has 1 fully saturated rings. The van der Waals surface area contributed by atoms with E-state index in [9.17, 15) is 0 Å². The molecule has 0 saturated carbocycles. The summed E-state index contributed by atoms with van der Waals surface area (Å²) < 4.78 is 0. The summed E-state index contributed by atoms with van der Waals surface area (Å²) in [5.41, 5.74) is 3.42. The minimum absolute atomic E-state index is 0.647. The van der Waals surface area contributed by atoms with E-state index in [0.29, 0.717) is 10.8 Å². The normalized spacial score (nSPS) is 20.2. The summed E-state index contributed by atoms with van der Waals surface area (Å²) in [7, 11) is 4.29. The van der Waals surface area contributed by atoms with Gasteiger partial charge in [-0.3, -0.25) is 0 Å². The molecular weight excluding hydrogens is 262 g/mol. The van der Waals surface area contributed by atoms with Gasteiger partial charge in [0.25, 0.3) is 0 Å². The van der Waals surface area contributed by atoms with Crippen LogP contribution in [0.5, 0.6) is 0 Å². The number of anilines is 1. The van der Waals surface area contributed by atoms with E-state index in [-0.39, 0.29) is 0 Å². The number of nitrogens with two attached hydrogens (primary N) is 1. The fraction of sp³-hybridized carbons (Fsp3) is 0.615. The van der Waals surface area contributed by atoms with Crippen molar-refractivity contribution >= 4 is 17.4 Å². The average Bonchev–Trinajstić information content (AvgIpc) is 2.77. The molecule has 19 heavy (non-hydrogen) atoms. The molecule has 0 bridgehead atoms. The zero-order valence-corrected chi connectivity index (χ0v) is 12.3. The van der Waals surface area contributed by atoms with Gasteiger partial charge in [0, 0.05) is 19.6 Å². The fourth-order valence-corrected chi connectivity index (χ4v) is 2.78. The monoisotopic (exact) mass is 283 g/mol. The molecule has 5 nitrogen and oxygen atoms in total. The molecule has 106 valence electrons. The van der Waals surface area contributed by atoms with Crippen molar-refractivity contribution in [2.24, 2.45) is 11.8 Å². The molecule has 0 spiro atoms. The van der Waals surface area contributed by atoms with Crippen molar-refractivity contribution in [3.8, 4) is 0 Å². The fourth-order valence-electron chi connectivity index (χ4n) is 2.61. The highest BCUT2D eigenvalue weighted by Crippen LogP contribution is 2.20. The van der Waals surface area contributed by atoms with Gasteiger partial charge in [0.2, 0.25) is 0 Å². The third kappa shape index (κ3) is 4.04. The number of hydrogen-bond acceptors (Lipinski definition) is 5. The van der Waals surface area contributed by atoms with Gasteiger partial charge in [-0.15, -0.1) is 0 Å². The second kappa shape index (κ2) is 6.52. The van der Waals surface area contributed by atoms with Crippen LogP contribution in [0, 0.1) is 5.92 Å². The number of nitrogens with zero attached hydrogens (tertiary/aromatic N) is 3. The first-order chi connectivity index (χ1) is 9.08. The van der Waals surface area contributed by atoms with Crippen LogP contribution in [0.1, 0.15) is 12.1 Å². The Morgan fingerprint density at radius 2 is 2.37 bits per heavy atom. The molecule has 2 rings (SSSR count). The van der Waals surface area contributed by atoms with Gasteiger partial charge in [-0.05, 0) is 45.1 Å². The predicted octanol–water partition coefficient (Wildman–Crippen LogP) is 1.40. The van der Waals surface area contributed by atoms with Gasteiger partial charge in [-0.1, -0.05) is 11.6 Å². The zero-order chi connectivity index (χ0) is 13.8. The lowest BCUT2D eigenvalue weighted by atomic mass is 10.1. The number of likely N-dealkylation sites (tertiary alicyclic amines) is 1. The Hall–Kier alpha value is -0.880. The summed E-state index contributed by atoms with van der Waals surface area (Å²) in [5, 5.41) is 0.689. The van der Waals surface area contributed by atoms with Crippen LogP contribution in [0.3, 0.4) is 0 Å². The molecule has 0 aromatic carbocycles. The van der Waals surface area contributed by atoms with Gasteiger partial charge in [-0.2, -0.15) is 0 Å². The molecule has 1 atom stereocenters. The lowest BCUT2D eigenvalue weighted by Crippen LogP contribution is -2.27. The van der Waals surface area contributed by atoms with Crippen molar-refractivity contribution in [1.82, 2.24) is 14.8 Å². The third-order valence-corrected chi connectivity index (χ3v) is 3.89. The Balaban J connectivity index is 1.92. The number of nitrogen functional groups attached to an aromatic ring is 1. The van der Waals surface area contributed by atoms with E-state index >= 15 is 0 Å². The van der Waals surface area contributed by atoms with Gasteiger partial charge < -0.3 is 15.2 Å². The van der Waals surface area contributed by atoms with Crippen molar-refractivity contribution in [2.75, 3.05) is 39.2 Å². The Morgan fingerprint density at radius 1 is 1.58 bits per heavy atom. The van der Waals surface area contributed by atoms with Crippen LogP contribution in [0.15, 0.2) is 12.1 Å². The zero-order valence-electron chi connectivity index (χ0n) is 11.6. The van der Waals surface area contributed by atoms with E-state index in [2.05, 4.69) is 34.3 Å². The van der Waals surface area contributed by atoms with E-state index in [0.717, 1.165) is 24.7 Å². The van der Waals surface area contributed by atoms with Crippen LogP contribution < -0.4 is 11.3 Å². The molecule has 1 aliphatic rings. The van der Waals surface area contributed by atoms with E-state index in [1.54, 1.807) is 6.07 Å². The summed E-state index contributed by atoms with van der Waals surface area (Å²) in [6.07, 6.45) is 1.27. The summed E-state index contributed by atoms with van der Waals surface area (Å²) in [6.45, 7) is 4.19. The molecule has 0 aliphatic carbocycles. The summed E-state index contributed by atoms with van der Waals surface area (Å²) in [5.74, 6) is 6.76. The minimum atomic E-state index is 0.647. The van der Waals surface area contributed by atoms with E-state index < -0.39 is 0 Å². The quantitative estimate of drug-likeness (QED) is 0.632. The van der Waals surface area contributed by atoms with E-state index in [1.165, 1.54) is 19.5 Å². The largest absolute Gasteiger partial charge is 0.308 e. The van der Waals surface area contributed by atoms with Crippen LogP contribution in [0.25, 0.3) is 0 Å². The van der Waals surface area contributed by atoms with Gasteiger partial charge in [0.15, 0.2) is 0 Å². The number of pyridine rings is 1. The highest BCUT2D eigenvalue weighted by Gasteiger charge is 2.21. The molecule has 1 aromatic heterocycles. The number of aromatic nitrogens is 1. The van der Waals surface area contributed by atoms with Crippen LogP contribution in [-0.4, -0.2) is 48.5 Å². The first kappa shape index (κ1) is 14.5. The number of hydrogen-bond donors (Lipinski definition) is 2. The van der Waals surface area contributed by atoms with Crippen molar-refractivity contribution in [2.45, 2.75) is 13.0 Å². The van der Waals surface area contributed by atoms with E-state index in [1.807, 2.05) is 6.07 Å². The Bertz CT molecular complexity index is 425. The average molecular weight is 284 g/mol. The molecule has 1 aliphatic heterocycles. The summed E-state index contributed by atoms with van der Waals surface area (Å²) in [6, 6.07) is 3.61. The maximum atomic E-state index is 6.17. The van der Waals surface area contributed by atoms with Crippen molar-refractivity contribution in [3.05, 3.63) is 22.8 Å². The molecule has 2 heterocycles. The minimum Gasteiger partial charge on any atom is -0.308 e. The van der Waals surface area contributed by atoms with Crippen molar-refractivity contribution in [3.63, 3.8) is 0 Å². The maximum absolute atomic E-state index is 6.17. The van der Waals surface area contributed by atoms with Crippen molar-refractivity contribution in [1.29, 1.82) is 0 Å². The summed E-state index contributed by atoms with van der Waals surface area (Å²) >= 11 is 6.17. The van der Waals surface area contributed by atoms with Gasteiger partial charge in [0.05, 0.1) is 10.7 Å². The molecule has 6 heteroatoms. The van der Waals surface area contributed by atoms with Crippen molar-refractivity contribution < 1.29 is 0 Å². The molecule has 1 saturated heterocycles. The van der Waals surface area contributed by atoms with E-state index in [4.69, 9.17) is 17.4 Å². The number of halogens is 1. The smallest absolute Gasteiger partial charge is 0.140 e. The number of hydrazine groups is 1. The molecule has 0 radical (unpaired) electrons. The summed E-state index contributed by atoms with van der Waals surface area (Å²) in [4.78, 5) is 9.05. The predicted molar refractivity (Wildman–Crippen MR) is 79.0 cm³/mol. The molecular formula is C13H22ClN5. The second-order valence-electron chi connectivity index (χ2n) is 5.38. The molecule has 0 amide bonds. The topological polar surface area (TPSA) is 57.4 Å². The lowest BCUT2D eigenvalue weighted by Gasteiger charge is -2.21. The lowest BCUT2D eigenvalue weighted by molar-refractivity contribution is 0.265. The Morgan fingerprint density at radius 3 is 3.00 bits per heavy atom. The number of nitrogens with one attached hydrogen (secondary N) is 1. The van der Waals surface area contributed by atoms with Crippen LogP contribution >= 0.6 is 11.6 Å². The Labute approximate surface area is 119 Å². The Kier molecular flexibility index (Phi) is 4.99. The molecule has 1 aromatic rings. The maximum Gasteiger partial charge on any atom is 0.140 e. The van der Waals surface area contributed by atoms with Crippen LogP contribution in [-0.2, 0) is 6.54 Å². The standard InChI is InChI=1S/C13H22ClN5/c1-18-6-5-10(7-18)8-19(2)9-12-11(14)3-4-13(16-12)17-15/h3-4,10H,5-9,15H2,1-2H3,(H,16,17). The van der Waals surface area contributed by atoms with Gasteiger partial charge in [0.1, 0.15) is 5.82 Å².